The number of methoxy groups -OCH3 is 1. The lowest BCUT2D eigenvalue weighted by Gasteiger charge is -2.08. The van der Waals surface area contributed by atoms with Crippen LogP contribution < -0.4 is 15.4 Å². The Morgan fingerprint density at radius 3 is 2.48 bits per heavy atom. The molecule has 0 aliphatic carbocycles. The van der Waals surface area contributed by atoms with Gasteiger partial charge in [-0.3, -0.25) is 14.9 Å². The molecule has 7 nitrogen and oxygen atoms in total. The number of anilines is 2. The Labute approximate surface area is 131 Å². The predicted molar refractivity (Wildman–Crippen MR) is 83.2 cm³/mol. The Morgan fingerprint density at radius 2 is 1.87 bits per heavy atom. The fourth-order valence-corrected chi connectivity index (χ4v) is 1.82. The van der Waals surface area contributed by atoms with Gasteiger partial charge in [0.1, 0.15) is 5.75 Å². The largest absolute Gasteiger partial charge is 0.497 e. The molecule has 0 heterocycles. The van der Waals surface area contributed by atoms with E-state index in [0.29, 0.717) is 11.4 Å². The number of nitro groups is 1. The molecule has 0 aromatic heterocycles. The highest BCUT2D eigenvalue weighted by Crippen LogP contribution is 2.21. The first kappa shape index (κ1) is 16.2. The van der Waals surface area contributed by atoms with Crippen molar-refractivity contribution in [1.82, 2.24) is 0 Å². The normalized spacial score (nSPS) is 10.0. The summed E-state index contributed by atoms with van der Waals surface area (Å²) < 4.78 is 18.2. The average Bonchev–Trinajstić information content (AvgIpc) is 2.54. The molecule has 0 spiro atoms. The first-order valence-corrected chi connectivity index (χ1v) is 6.61. The summed E-state index contributed by atoms with van der Waals surface area (Å²) in [5, 5.41) is 16.0. The van der Waals surface area contributed by atoms with Crippen LogP contribution in [-0.4, -0.2) is 24.5 Å². The van der Waals surface area contributed by atoms with Gasteiger partial charge in [-0.05, 0) is 36.4 Å². The van der Waals surface area contributed by atoms with Crippen molar-refractivity contribution in [3.8, 4) is 5.75 Å². The molecule has 0 aliphatic heterocycles. The zero-order valence-electron chi connectivity index (χ0n) is 12.2. The van der Waals surface area contributed by atoms with Gasteiger partial charge in [0, 0.05) is 17.4 Å². The van der Waals surface area contributed by atoms with Crippen molar-refractivity contribution in [2.75, 3.05) is 24.3 Å². The maximum Gasteiger partial charge on any atom is 0.306 e. The number of halogens is 1. The Bertz CT molecular complexity index is 719. The molecule has 0 unspecified atom stereocenters. The highest BCUT2D eigenvalue weighted by atomic mass is 19.1. The third kappa shape index (κ3) is 4.40. The van der Waals surface area contributed by atoms with Gasteiger partial charge in [-0.2, -0.15) is 4.39 Å². The van der Waals surface area contributed by atoms with Crippen molar-refractivity contribution in [3.05, 3.63) is 58.4 Å². The topological polar surface area (TPSA) is 93.5 Å². The van der Waals surface area contributed by atoms with E-state index in [-0.39, 0.29) is 18.1 Å². The molecule has 1 amide bonds. The van der Waals surface area contributed by atoms with Crippen LogP contribution in [0.5, 0.6) is 5.75 Å². The van der Waals surface area contributed by atoms with Crippen molar-refractivity contribution in [1.29, 1.82) is 0 Å². The zero-order chi connectivity index (χ0) is 16.8. The van der Waals surface area contributed by atoms with Gasteiger partial charge in [0.25, 0.3) is 0 Å². The second-order valence-corrected chi connectivity index (χ2v) is 4.55. The average molecular weight is 319 g/mol. The van der Waals surface area contributed by atoms with Crippen LogP contribution in [0, 0.1) is 15.9 Å². The third-order valence-electron chi connectivity index (χ3n) is 2.97. The summed E-state index contributed by atoms with van der Waals surface area (Å²) in [6, 6.07) is 10.1. The van der Waals surface area contributed by atoms with Crippen LogP contribution in [0.2, 0.25) is 0 Å². The number of carbonyl (C=O) groups excluding carboxylic acids is 1. The van der Waals surface area contributed by atoms with E-state index in [1.165, 1.54) is 6.07 Å². The molecule has 2 aromatic carbocycles. The fourth-order valence-electron chi connectivity index (χ4n) is 1.82. The summed E-state index contributed by atoms with van der Waals surface area (Å²) in [7, 11) is 1.54. The number of ether oxygens (including phenoxy) is 1. The second-order valence-electron chi connectivity index (χ2n) is 4.55. The standard InChI is InChI=1S/C15H14FN3O4/c1-23-12-5-2-10(3-6-12)18-15(20)9-17-11-4-7-13(16)14(8-11)19(21)22/h2-8,17H,9H2,1H3,(H,18,20). The summed E-state index contributed by atoms with van der Waals surface area (Å²) in [4.78, 5) is 21.6. The number of benzene rings is 2. The lowest BCUT2D eigenvalue weighted by Crippen LogP contribution is -2.21. The molecular weight excluding hydrogens is 305 g/mol. The molecule has 0 saturated carbocycles. The number of carbonyl (C=O) groups is 1. The summed E-state index contributed by atoms with van der Waals surface area (Å²) in [5.41, 5.74) is 0.219. The van der Waals surface area contributed by atoms with E-state index in [1.54, 1.807) is 31.4 Å². The summed E-state index contributed by atoms with van der Waals surface area (Å²) in [6.45, 7) is -0.116. The number of nitrogens with one attached hydrogen (secondary N) is 2. The molecule has 0 fully saturated rings. The second kappa shape index (κ2) is 7.21. The minimum Gasteiger partial charge on any atom is -0.497 e. The van der Waals surface area contributed by atoms with Crippen molar-refractivity contribution in [2.24, 2.45) is 0 Å². The smallest absolute Gasteiger partial charge is 0.306 e. The Kier molecular flexibility index (Phi) is 5.08. The highest BCUT2D eigenvalue weighted by Gasteiger charge is 2.14. The van der Waals surface area contributed by atoms with E-state index in [9.17, 15) is 19.3 Å². The zero-order valence-corrected chi connectivity index (χ0v) is 12.2. The maximum atomic E-state index is 13.2. The lowest BCUT2D eigenvalue weighted by atomic mass is 10.2. The van der Waals surface area contributed by atoms with Gasteiger partial charge in [0.15, 0.2) is 0 Å². The number of amides is 1. The van der Waals surface area contributed by atoms with Gasteiger partial charge in [-0.1, -0.05) is 0 Å². The van der Waals surface area contributed by atoms with Crippen molar-refractivity contribution < 1.29 is 18.8 Å². The minimum atomic E-state index is -0.928. The monoisotopic (exact) mass is 319 g/mol. The van der Waals surface area contributed by atoms with Crippen molar-refractivity contribution in [3.63, 3.8) is 0 Å². The fraction of sp³-hybridized carbons (Fsp3) is 0.133. The predicted octanol–water partition coefficient (Wildman–Crippen LogP) is 2.79. The maximum absolute atomic E-state index is 13.2. The SMILES string of the molecule is COc1ccc(NC(=O)CNc2ccc(F)c([N+](=O)[O-])c2)cc1. The number of hydrogen-bond acceptors (Lipinski definition) is 5. The van der Waals surface area contributed by atoms with Gasteiger partial charge >= 0.3 is 5.69 Å². The van der Waals surface area contributed by atoms with E-state index in [4.69, 9.17) is 4.74 Å². The van der Waals surface area contributed by atoms with Gasteiger partial charge < -0.3 is 15.4 Å². The molecule has 2 rings (SSSR count). The van der Waals surface area contributed by atoms with E-state index in [0.717, 1.165) is 12.1 Å². The van der Waals surface area contributed by atoms with Gasteiger partial charge in [-0.15, -0.1) is 0 Å². The molecule has 2 N–H and O–H groups in total. The molecule has 0 bridgehead atoms. The molecule has 0 aliphatic rings. The van der Waals surface area contributed by atoms with Crippen LogP contribution in [0.4, 0.5) is 21.5 Å². The van der Waals surface area contributed by atoms with E-state index >= 15 is 0 Å². The molecule has 120 valence electrons. The van der Waals surface area contributed by atoms with E-state index in [2.05, 4.69) is 10.6 Å². The quantitative estimate of drug-likeness (QED) is 0.631. The van der Waals surface area contributed by atoms with Gasteiger partial charge in [0.2, 0.25) is 11.7 Å². The minimum absolute atomic E-state index is 0.116. The van der Waals surface area contributed by atoms with E-state index < -0.39 is 16.4 Å². The summed E-state index contributed by atoms with van der Waals surface area (Å²) in [5.74, 6) is -0.606. The van der Waals surface area contributed by atoms with Crippen LogP contribution in [0.3, 0.4) is 0 Å². The highest BCUT2D eigenvalue weighted by molar-refractivity contribution is 5.93. The van der Waals surface area contributed by atoms with Crippen LogP contribution in [0.15, 0.2) is 42.5 Å². The Balaban J connectivity index is 1.93. The van der Waals surface area contributed by atoms with Gasteiger partial charge in [0.05, 0.1) is 18.6 Å². The molecule has 8 heteroatoms. The lowest BCUT2D eigenvalue weighted by molar-refractivity contribution is -0.387. The molecule has 0 radical (unpaired) electrons. The van der Waals surface area contributed by atoms with Crippen LogP contribution in [0.25, 0.3) is 0 Å². The first-order chi connectivity index (χ1) is 11.0. The van der Waals surface area contributed by atoms with Crippen molar-refractivity contribution >= 4 is 23.0 Å². The van der Waals surface area contributed by atoms with Crippen LogP contribution >= 0.6 is 0 Å². The number of hydrogen-bond donors (Lipinski definition) is 2. The van der Waals surface area contributed by atoms with Crippen LogP contribution in [-0.2, 0) is 4.79 Å². The third-order valence-corrected chi connectivity index (χ3v) is 2.97. The molecular formula is C15H14FN3O4. The molecule has 0 atom stereocenters. The number of nitro benzene ring substituents is 1. The first-order valence-electron chi connectivity index (χ1n) is 6.61. The Hall–Kier alpha value is -3.16. The Morgan fingerprint density at radius 1 is 1.22 bits per heavy atom. The summed E-state index contributed by atoms with van der Waals surface area (Å²) >= 11 is 0. The molecule has 2 aromatic rings. The van der Waals surface area contributed by atoms with E-state index in [1.807, 2.05) is 0 Å². The van der Waals surface area contributed by atoms with Gasteiger partial charge in [-0.25, -0.2) is 0 Å². The molecule has 23 heavy (non-hydrogen) atoms. The van der Waals surface area contributed by atoms with Crippen LogP contribution in [0.1, 0.15) is 0 Å². The number of rotatable bonds is 6. The number of nitrogens with zero attached hydrogens (tertiary/aromatic N) is 1. The summed E-state index contributed by atoms with van der Waals surface area (Å²) in [6.07, 6.45) is 0. The van der Waals surface area contributed by atoms with Crippen molar-refractivity contribution in [2.45, 2.75) is 0 Å². The molecule has 0 saturated heterocycles.